The van der Waals surface area contributed by atoms with Crippen molar-refractivity contribution in [1.29, 1.82) is 0 Å². The van der Waals surface area contributed by atoms with Gasteiger partial charge in [-0.05, 0) is 12.8 Å². The van der Waals surface area contributed by atoms with Gasteiger partial charge in [-0.1, -0.05) is 11.8 Å². The lowest BCUT2D eigenvalue weighted by Crippen LogP contribution is -2.05. The summed E-state index contributed by atoms with van der Waals surface area (Å²) < 4.78 is 12.1. The van der Waals surface area contributed by atoms with E-state index in [0.29, 0.717) is 25.0 Å². The van der Waals surface area contributed by atoms with Crippen molar-refractivity contribution in [3.8, 4) is 0 Å². The Hall–Kier alpha value is -1.12. The molecular formula is C11H19N3O4S. The van der Waals surface area contributed by atoms with Crippen LogP contribution in [0.4, 0.5) is 0 Å². The molecule has 0 bridgehead atoms. The molecule has 0 spiro atoms. The number of carboxylic acid groups (broad SMARTS) is 1. The molecule has 0 aromatic carbocycles. The van der Waals surface area contributed by atoms with Crippen LogP contribution in [0.2, 0.25) is 0 Å². The summed E-state index contributed by atoms with van der Waals surface area (Å²) in [5.41, 5.74) is 0. The molecule has 8 heteroatoms. The average molecular weight is 289 g/mol. The highest BCUT2D eigenvalue weighted by Crippen LogP contribution is 2.14. The van der Waals surface area contributed by atoms with Gasteiger partial charge in [-0.2, -0.15) is 0 Å². The Kier molecular flexibility index (Phi) is 8.19. The first-order valence-electron chi connectivity index (χ1n) is 6.03. The van der Waals surface area contributed by atoms with Gasteiger partial charge in [0.25, 0.3) is 0 Å². The van der Waals surface area contributed by atoms with Gasteiger partial charge in [0.1, 0.15) is 6.33 Å². The van der Waals surface area contributed by atoms with Crippen LogP contribution in [-0.4, -0.2) is 58.5 Å². The van der Waals surface area contributed by atoms with E-state index in [4.69, 9.17) is 14.6 Å². The Balaban J connectivity index is 2.15. The number of carboxylic acids is 1. The normalized spacial score (nSPS) is 10.8. The van der Waals surface area contributed by atoms with Crippen LogP contribution in [0.15, 0.2) is 11.5 Å². The van der Waals surface area contributed by atoms with Crippen molar-refractivity contribution in [1.82, 2.24) is 14.8 Å². The van der Waals surface area contributed by atoms with Gasteiger partial charge in [-0.3, -0.25) is 4.79 Å². The molecule has 7 nitrogen and oxygen atoms in total. The van der Waals surface area contributed by atoms with Gasteiger partial charge < -0.3 is 19.1 Å². The molecule has 0 fully saturated rings. The summed E-state index contributed by atoms with van der Waals surface area (Å²) in [4.78, 5) is 10.5. The number of unbranched alkanes of at least 4 members (excludes halogenated alkanes) is 1. The Morgan fingerprint density at radius 1 is 1.42 bits per heavy atom. The monoisotopic (exact) mass is 289 g/mol. The van der Waals surface area contributed by atoms with E-state index in [-0.39, 0.29) is 5.75 Å². The van der Waals surface area contributed by atoms with E-state index < -0.39 is 5.97 Å². The third-order valence-corrected chi connectivity index (χ3v) is 3.24. The second-order valence-electron chi connectivity index (χ2n) is 3.80. The number of aryl methyl sites for hydroxylation is 1. The van der Waals surface area contributed by atoms with E-state index in [9.17, 15) is 4.79 Å². The molecule has 0 amide bonds. The number of hydrogen-bond acceptors (Lipinski definition) is 6. The largest absolute Gasteiger partial charge is 0.481 e. The van der Waals surface area contributed by atoms with Crippen LogP contribution in [-0.2, 0) is 20.8 Å². The number of carbonyl (C=O) groups is 1. The van der Waals surface area contributed by atoms with Crippen LogP contribution in [0.5, 0.6) is 0 Å². The predicted molar refractivity (Wildman–Crippen MR) is 70.3 cm³/mol. The Bertz CT molecular complexity index is 373. The molecule has 19 heavy (non-hydrogen) atoms. The molecule has 1 N–H and O–H groups in total. The van der Waals surface area contributed by atoms with E-state index in [2.05, 4.69) is 10.2 Å². The molecule has 1 aromatic rings. The molecule has 1 aromatic heterocycles. The molecule has 0 atom stereocenters. The zero-order valence-electron chi connectivity index (χ0n) is 10.9. The van der Waals surface area contributed by atoms with Gasteiger partial charge in [0.15, 0.2) is 5.16 Å². The lowest BCUT2D eigenvalue weighted by atomic mass is 10.3. The average Bonchev–Trinajstić information content (AvgIpc) is 2.83. The molecular weight excluding hydrogens is 270 g/mol. The number of aromatic nitrogens is 3. The van der Waals surface area contributed by atoms with Crippen molar-refractivity contribution in [2.45, 2.75) is 24.5 Å². The molecule has 0 saturated heterocycles. The Labute approximate surface area is 116 Å². The number of aliphatic carboxylic acids is 1. The summed E-state index contributed by atoms with van der Waals surface area (Å²) in [7, 11) is 1.64. The van der Waals surface area contributed by atoms with E-state index in [0.717, 1.165) is 19.4 Å². The highest BCUT2D eigenvalue weighted by atomic mass is 32.2. The van der Waals surface area contributed by atoms with Crippen molar-refractivity contribution in [2.75, 3.05) is 32.7 Å². The van der Waals surface area contributed by atoms with E-state index in [1.54, 1.807) is 13.4 Å². The number of ether oxygens (including phenoxy) is 2. The van der Waals surface area contributed by atoms with Crippen LogP contribution in [0, 0.1) is 0 Å². The van der Waals surface area contributed by atoms with Crippen LogP contribution in [0.25, 0.3) is 0 Å². The highest BCUT2D eigenvalue weighted by molar-refractivity contribution is 7.99. The van der Waals surface area contributed by atoms with E-state index >= 15 is 0 Å². The van der Waals surface area contributed by atoms with Crippen molar-refractivity contribution in [3.63, 3.8) is 0 Å². The summed E-state index contributed by atoms with van der Waals surface area (Å²) in [6, 6.07) is 0. The van der Waals surface area contributed by atoms with E-state index in [1.165, 1.54) is 11.8 Å². The third-order valence-electron chi connectivity index (χ3n) is 2.27. The van der Waals surface area contributed by atoms with E-state index in [1.807, 2.05) is 4.57 Å². The van der Waals surface area contributed by atoms with Gasteiger partial charge in [0.2, 0.25) is 0 Å². The third kappa shape index (κ3) is 7.14. The van der Waals surface area contributed by atoms with Gasteiger partial charge in [0.05, 0.1) is 19.0 Å². The summed E-state index contributed by atoms with van der Waals surface area (Å²) in [5.74, 6) is -0.857. The lowest BCUT2D eigenvalue weighted by Gasteiger charge is -2.06. The quantitative estimate of drug-likeness (QED) is 0.478. The van der Waals surface area contributed by atoms with Gasteiger partial charge in [0, 0.05) is 20.3 Å². The zero-order chi connectivity index (χ0) is 13.9. The number of rotatable bonds is 11. The topological polar surface area (TPSA) is 86.5 Å². The maximum absolute atomic E-state index is 10.5. The minimum atomic E-state index is -0.855. The van der Waals surface area contributed by atoms with Gasteiger partial charge >= 0.3 is 5.97 Å². The fourth-order valence-electron chi connectivity index (χ4n) is 1.37. The lowest BCUT2D eigenvalue weighted by molar-refractivity contribution is -0.133. The summed E-state index contributed by atoms with van der Waals surface area (Å²) in [6.45, 7) is 2.69. The number of hydrogen-bond donors (Lipinski definition) is 1. The highest BCUT2D eigenvalue weighted by Gasteiger charge is 2.07. The first-order valence-corrected chi connectivity index (χ1v) is 7.01. The van der Waals surface area contributed by atoms with Gasteiger partial charge in [-0.15, -0.1) is 10.2 Å². The van der Waals surface area contributed by atoms with Crippen molar-refractivity contribution < 1.29 is 19.4 Å². The van der Waals surface area contributed by atoms with Crippen LogP contribution >= 0.6 is 11.8 Å². The molecule has 0 aliphatic rings. The molecule has 0 radical (unpaired) electrons. The number of thioether (sulfide) groups is 1. The zero-order valence-corrected chi connectivity index (χ0v) is 11.8. The second kappa shape index (κ2) is 9.76. The first-order chi connectivity index (χ1) is 9.24. The maximum Gasteiger partial charge on any atom is 0.313 e. The maximum atomic E-state index is 10.5. The Morgan fingerprint density at radius 3 is 3.00 bits per heavy atom. The van der Waals surface area contributed by atoms with Crippen LogP contribution < -0.4 is 0 Å². The fourth-order valence-corrected chi connectivity index (χ4v) is 2.03. The predicted octanol–water partition coefficient (Wildman–Crippen LogP) is 0.898. The van der Waals surface area contributed by atoms with Crippen molar-refractivity contribution >= 4 is 17.7 Å². The first kappa shape index (κ1) is 15.9. The molecule has 0 saturated carbocycles. The summed E-state index contributed by atoms with van der Waals surface area (Å²) >= 11 is 1.18. The van der Waals surface area contributed by atoms with Gasteiger partial charge in [-0.25, -0.2) is 0 Å². The molecule has 1 rings (SSSR count). The van der Waals surface area contributed by atoms with Crippen molar-refractivity contribution in [2.24, 2.45) is 0 Å². The SMILES string of the molecule is COCCOCCCCn1cnnc1SCC(=O)O. The van der Waals surface area contributed by atoms with Crippen LogP contribution in [0.1, 0.15) is 12.8 Å². The molecule has 1 heterocycles. The molecule has 0 aliphatic heterocycles. The standard InChI is InChI=1S/C11H19N3O4S/c1-17-6-7-18-5-3-2-4-14-9-12-13-11(14)19-8-10(15)16/h9H,2-8H2,1H3,(H,15,16). The van der Waals surface area contributed by atoms with Crippen LogP contribution in [0.3, 0.4) is 0 Å². The minimum absolute atomic E-state index is 0.00117. The molecule has 0 aliphatic carbocycles. The molecule has 108 valence electrons. The minimum Gasteiger partial charge on any atom is -0.481 e. The second-order valence-corrected chi connectivity index (χ2v) is 4.74. The summed E-state index contributed by atoms with van der Waals surface area (Å²) in [5, 5.41) is 16.9. The number of methoxy groups -OCH3 is 1. The van der Waals surface area contributed by atoms with Crippen molar-refractivity contribution in [3.05, 3.63) is 6.33 Å². The Morgan fingerprint density at radius 2 is 2.26 bits per heavy atom. The fraction of sp³-hybridized carbons (Fsp3) is 0.727. The summed E-state index contributed by atoms with van der Waals surface area (Å²) in [6.07, 6.45) is 3.49. The number of nitrogens with zero attached hydrogens (tertiary/aromatic N) is 3. The smallest absolute Gasteiger partial charge is 0.313 e. The molecule has 0 unspecified atom stereocenters.